The Kier molecular flexibility index (Phi) is 7.21. The lowest BCUT2D eigenvalue weighted by atomic mass is 9.82. The van der Waals surface area contributed by atoms with Crippen molar-refractivity contribution in [2.45, 2.75) is 0 Å². The Morgan fingerprint density at radius 2 is 0.891 bits per heavy atom. The van der Waals surface area contributed by atoms with Crippen molar-refractivity contribution in [3.8, 4) is 55.6 Å². The number of fused-ring (bicyclic) bond motifs is 5. The fourth-order valence-corrected chi connectivity index (χ4v) is 8.96. The van der Waals surface area contributed by atoms with Crippen LogP contribution in [0.1, 0.15) is 0 Å². The van der Waals surface area contributed by atoms with Gasteiger partial charge in [-0.05, 0) is 113 Å². The summed E-state index contributed by atoms with van der Waals surface area (Å²) in [5.41, 5.74) is 14.8. The average molecular weight is 699 g/mol. The number of hydrogen-bond acceptors (Lipinski definition) is 2. The minimum atomic E-state index is 0.876. The molecule has 9 aromatic carbocycles. The van der Waals surface area contributed by atoms with Gasteiger partial charge in [-0.3, -0.25) is 4.90 Å². The van der Waals surface area contributed by atoms with Crippen LogP contribution in [0, 0.1) is 0 Å². The van der Waals surface area contributed by atoms with Gasteiger partial charge in [0, 0.05) is 17.3 Å². The standard InChI is InChI=1S/C53H34N2/c1-3-17-36(18-4-1)49-43-25-9-10-26-44(43)50(37-19-5-2-6-20-37)53-46-32-31-40(42-27-15-28-45(51(42)46)52(49)53)38-22-13-23-39(34-38)55(48-30-11-12-33-54-48)47-29-14-21-35-16-7-8-24-41(35)47/h1-34H. The molecular weight excluding hydrogens is 665 g/mol. The summed E-state index contributed by atoms with van der Waals surface area (Å²) in [7, 11) is 0. The molecule has 10 aromatic rings. The molecule has 0 bridgehead atoms. The van der Waals surface area contributed by atoms with Crippen LogP contribution in [0.3, 0.4) is 0 Å². The van der Waals surface area contributed by atoms with Crippen molar-refractivity contribution in [2.75, 3.05) is 4.90 Å². The average Bonchev–Trinajstić information content (AvgIpc) is 3.59. The molecule has 2 heteroatoms. The Hall–Kier alpha value is -7.29. The summed E-state index contributed by atoms with van der Waals surface area (Å²) in [6.07, 6.45) is 1.87. The second-order valence-electron chi connectivity index (χ2n) is 14.2. The highest BCUT2D eigenvalue weighted by molar-refractivity contribution is 6.28. The van der Waals surface area contributed by atoms with E-state index in [4.69, 9.17) is 4.98 Å². The number of aromatic nitrogens is 1. The normalized spacial score (nSPS) is 11.6. The molecule has 0 amide bonds. The minimum absolute atomic E-state index is 0.876. The van der Waals surface area contributed by atoms with Crippen LogP contribution in [-0.2, 0) is 0 Å². The van der Waals surface area contributed by atoms with E-state index in [1.807, 2.05) is 12.3 Å². The van der Waals surface area contributed by atoms with E-state index in [1.54, 1.807) is 0 Å². The lowest BCUT2D eigenvalue weighted by molar-refractivity contribution is 1.19. The highest BCUT2D eigenvalue weighted by Crippen LogP contribution is 2.58. The molecule has 0 saturated heterocycles. The largest absolute Gasteiger partial charge is 0.294 e. The van der Waals surface area contributed by atoms with E-state index in [9.17, 15) is 0 Å². The monoisotopic (exact) mass is 698 g/mol. The van der Waals surface area contributed by atoms with Gasteiger partial charge in [0.25, 0.3) is 0 Å². The number of benzene rings is 9. The Morgan fingerprint density at radius 3 is 1.60 bits per heavy atom. The molecule has 0 spiro atoms. The van der Waals surface area contributed by atoms with Crippen molar-refractivity contribution in [2.24, 2.45) is 0 Å². The smallest absolute Gasteiger partial charge is 0.137 e. The molecule has 1 aromatic heterocycles. The molecule has 0 aliphatic heterocycles. The van der Waals surface area contributed by atoms with Gasteiger partial charge in [-0.15, -0.1) is 0 Å². The highest BCUT2D eigenvalue weighted by atomic mass is 15.2. The maximum atomic E-state index is 4.86. The molecule has 0 saturated carbocycles. The Balaban J connectivity index is 1.16. The van der Waals surface area contributed by atoms with Crippen LogP contribution in [0.4, 0.5) is 17.2 Å². The van der Waals surface area contributed by atoms with Gasteiger partial charge >= 0.3 is 0 Å². The van der Waals surface area contributed by atoms with Crippen LogP contribution in [0.5, 0.6) is 0 Å². The molecule has 0 atom stereocenters. The summed E-state index contributed by atoms with van der Waals surface area (Å²) in [6, 6.07) is 72.5. The summed E-state index contributed by atoms with van der Waals surface area (Å²) in [6.45, 7) is 0. The van der Waals surface area contributed by atoms with Crippen molar-refractivity contribution in [1.82, 2.24) is 4.98 Å². The first kappa shape index (κ1) is 31.3. The third-order valence-corrected chi connectivity index (χ3v) is 11.2. The SMILES string of the molecule is c1ccc(-c2c3c(c(-c4ccccc4)c4ccccc24)-c2ccc(-c4cccc(N(c5ccccn5)c5cccc6ccccc56)c4)c4cccc-3c24)cc1. The molecule has 0 unspecified atom stereocenters. The van der Waals surface area contributed by atoms with Gasteiger partial charge < -0.3 is 0 Å². The molecule has 2 nitrogen and oxygen atoms in total. The Bertz CT molecular complexity index is 2980. The maximum absolute atomic E-state index is 4.86. The summed E-state index contributed by atoms with van der Waals surface area (Å²) in [5.74, 6) is 0.876. The zero-order chi connectivity index (χ0) is 36.3. The van der Waals surface area contributed by atoms with E-state index in [0.717, 1.165) is 22.8 Å². The molecule has 55 heavy (non-hydrogen) atoms. The first-order valence-corrected chi connectivity index (χ1v) is 18.9. The van der Waals surface area contributed by atoms with E-state index in [1.165, 1.54) is 82.4 Å². The lowest BCUT2D eigenvalue weighted by Crippen LogP contribution is -2.11. The number of nitrogens with zero attached hydrogens (tertiary/aromatic N) is 2. The van der Waals surface area contributed by atoms with Gasteiger partial charge in [0.2, 0.25) is 0 Å². The van der Waals surface area contributed by atoms with Gasteiger partial charge in [0.15, 0.2) is 0 Å². The second kappa shape index (κ2) is 12.7. The first-order chi connectivity index (χ1) is 27.3. The van der Waals surface area contributed by atoms with E-state index >= 15 is 0 Å². The number of hydrogen-bond donors (Lipinski definition) is 0. The van der Waals surface area contributed by atoms with E-state index in [0.29, 0.717) is 0 Å². The van der Waals surface area contributed by atoms with Gasteiger partial charge in [0.1, 0.15) is 5.82 Å². The molecule has 1 heterocycles. The molecule has 0 N–H and O–H groups in total. The molecule has 0 radical (unpaired) electrons. The van der Waals surface area contributed by atoms with Crippen molar-refractivity contribution in [3.05, 3.63) is 206 Å². The maximum Gasteiger partial charge on any atom is 0.137 e. The van der Waals surface area contributed by atoms with Crippen LogP contribution in [0.2, 0.25) is 0 Å². The summed E-state index contributed by atoms with van der Waals surface area (Å²) >= 11 is 0. The lowest BCUT2D eigenvalue weighted by Gasteiger charge is -2.26. The van der Waals surface area contributed by atoms with E-state index in [-0.39, 0.29) is 0 Å². The summed E-state index contributed by atoms with van der Waals surface area (Å²) < 4.78 is 0. The second-order valence-corrected chi connectivity index (χ2v) is 14.2. The van der Waals surface area contributed by atoms with Gasteiger partial charge in [-0.1, -0.05) is 170 Å². The first-order valence-electron chi connectivity index (χ1n) is 18.9. The quantitative estimate of drug-likeness (QED) is 0.172. The predicted molar refractivity (Wildman–Crippen MR) is 232 cm³/mol. The zero-order valence-electron chi connectivity index (χ0n) is 30.0. The van der Waals surface area contributed by atoms with Crippen molar-refractivity contribution < 1.29 is 0 Å². The molecule has 256 valence electrons. The van der Waals surface area contributed by atoms with Crippen LogP contribution < -0.4 is 4.90 Å². The predicted octanol–water partition coefficient (Wildman–Crippen LogP) is 14.7. The fourth-order valence-electron chi connectivity index (χ4n) is 8.96. The van der Waals surface area contributed by atoms with E-state index < -0.39 is 0 Å². The van der Waals surface area contributed by atoms with Gasteiger partial charge in [-0.2, -0.15) is 0 Å². The molecule has 11 rings (SSSR count). The fraction of sp³-hybridized carbons (Fsp3) is 0. The van der Waals surface area contributed by atoms with Crippen molar-refractivity contribution >= 4 is 49.5 Å². The van der Waals surface area contributed by atoms with Crippen LogP contribution in [0.25, 0.3) is 88.0 Å². The van der Waals surface area contributed by atoms with Gasteiger partial charge in [-0.25, -0.2) is 4.98 Å². The van der Waals surface area contributed by atoms with Crippen LogP contribution in [0.15, 0.2) is 206 Å². The minimum Gasteiger partial charge on any atom is -0.294 e. The Labute approximate surface area is 320 Å². The molecule has 1 aliphatic rings. The third kappa shape index (κ3) is 4.92. The topological polar surface area (TPSA) is 16.1 Å². The zero-order valence-corrected chi connectivity index (χ0v) is 30.0. The number of pyridine rings is 1. The molecule has 1 aliphatic carbocycles. The van der Waals surface area contributed by atoms with Crippen molar-refractivity contribution in [1.29, 1.82) is 0 Å². The number of anilines is 3. The summed E-state index contributed by atoms with van der Waals surface area (Å²) in [4.78, 5) is 7.14. The number of rotatable bonds is 6. The third-order valence-electron chi connectivity index (χ3n) is 11.2. The Morgan fingerprint density at radius 1 is 0.345 bits per heavy atom. The van der Waals surface area contributed by atoms with Crippen LogP contribution in [-0.4, -0.2) is 4.98 Å². The van der Waals surface area contributed by atoms with Crippen LogP contribution >= 0.6 is 0 Å². The van der Waals surface area contributed by atoms with E-state index in [2.05, 4.69) is 199 Å². The van der Waals surface area contributed by atoms with Crippen molar-refractivity contribution in [3.63, 3.8) is 0 Å². The molecule has 0 fully saturated rings. The highest BCUT2D eigenvalue weighted by Gasteiger charge is 2.31. The van der Waals surface area contributed by atoms with Gasteiger partial charge in [0.05, 0.1) is 5.69 Å². The summed E-state index contributed by atoms with van der Waals surface area (Å²) in [5, 5.41) is 7.47. The molecular formula is C53H34N2.